The first kappa shape index (κ1) is 17.7. The van der Waals surface area contributed by atoms with E-state index in [9.17, 15) is 0 Å². The Labute approximate surface area is 154 Å². The fourth-order valence-electron chi connectivity index (χ4n) is 2.90. The molecular weight excluding hydrogens is 325 g/mol. The zero-order valence-electron chi connectivity index (χ0n) is 15.0. The predicted octanol–water partition coefficient (Wildman–Crippen LogP) is 5.56. The molecule has 0 aliphatic rings. The van der Waals surface area contributed by atoms with E-state index in [-0.39, 0.29) is 12.4 Å². The zero-order chi connectivity index (χ0) is 18.4. The molecule has 0 heterocycles. The largest absolute Gasteiger partial charge is 0.497 e. The zero-order valence-corrected chi connectivity index (χ0v) is 15.0. The van der Waals surface area contributed by atoms with E-state index in [1.807, 2.05) is 96.9 Å². The quantitative estimate of drug-likeness (QED) is 0.579. The first-order chi connectivity index (χ1) is 12.7. The van der Waals surface area contributed by atoms with Crippen LogP contribution in [0.3, 0.4) is 0 Å². The second-order valence-electron chi connectivity index (χ2n) is 6.07. The molecule has 3 aromatic carbocycles. The second-order valence-corrected chi connectivity index (χ2v) is 6.07. The van der Waals surface area contributed by atoms with E-state index < -0.39 is 0 Å². The summed E-state index contributed by atoms with van der Waals surface area (Å²) in [4.78, 5) is 1.89. The normalized spacial score (nSPS) is 10.3. The van der Waals surface area contributed by atoms with Crippen LogP contribution in [0.5, 0.6) is 5.75 Å². The van der Waals surface area contributed by atoms with E-state index in [0.29, 0.717) is 5.57 Å². The SMILES string of the molecule is COc1ccc(N(C)CC(F)=C(c2ccccc2)c2ccccc2)cc1. The van der Waals surface area contributed by atoms with Gasteiger partial charge in [0, 0.05) is 18.3 Å². The highest BCUT2D eigenvalue weighted by molar-refractivity contribution is 5.81. The van der Waals surface area contributed by atoms with Crippen molar-refractivity contribution in [3.63, 3.8) is 0 Å². The van der Waals surface area contributed by atoms with Crippen molar-refractivity contribution in [1.82, 2.24) is 0 Å². The summed E-state index contributed by atoms with van der Waals surface area (Å²) in [5, 5.41) is 0. The standard InChI is InChI=1S/C23H22FNO/c1-25(20-13-15-21(26-2)16-14-20)17-22(24)23(18-9-5-3-6-10-18)19-11-7-4-8-12-19/h3-16H,17H2,1-2H3. The van der Waals surface area contributed by atoms with Crippen LogP contribution in [0.2, 0.25) is 0 Å². The van der Waals surface area contributed by atoms with Crippen molar-refractivity contribution < 1.29 is 9.13 Å². The molecule has 0 unspecified atom stereocenters. The summed E-state index contributed by atoms with van der Waals surface area (Å²) in [5.41, 5.74) is 3.31. The van der Waals surface area contributed by atoms with Crippen LogP contribution in [0, 0.1) is 0 Å². The third kappa shape index (κ3) is 4.12. The lowest BCUT2D eigenvalue weighted by atomic mass is 9.97. The van der Waals surface area contributed by atoms with Crippen molar-refractivity contribution in [1.29, 1.82) is 0 Å². The van der Waals surface area contributed by atoms with Crippen LogP contribution < -0.4 is 9.64 Å². The molecule has 0 fully saturated rings. The molecule has 0 aliphatic heterocycles. The van der Waals surface area contributed by atoms with E-state index >= 15 is 4.39 Å². The number of rotatable bonds is 6. The summed E-state index contributed by atoms with van der Waals surface area (Å²) in [6.45, 7) is 0.186. The summed E-state index contributed by atoms with van der Waals surface area (Å²) >= 11 is 0. The van der Waals surface area contributed by atoms with Gasteiger partial charge < -0.3 is 9.64 Å². The number of halogens is 1. The van der Waals surface area contributed by atoms with Crippen molar-refractivity contribution >= 4 is 11.3 Å². The molecule has 26 heavy (non-hydrogen) atoms. The van der Waals surface area contributed by atoms with Crippen molar-refractivity contribution in [2.24, 2.45) is 0 Å². The van der Waals surface area contributed by atoms with Crippen LogP contribution >= 0.6 is 0 Å². The molecule has 0 saturated carbocycles. The third-order valence-corrected chi connectivity index (χ3v) is 4.29. The van der Waals surface area contributed by atoms with Crippen molar-refractivity contribution in [3.8, 4) is 5.75 Å². The average molecular weight is 347 g/mol. The average Bonchev–Trinajstić information content (AvgIpc) is 2.70. The molecule has 0 spiro atoms. The number of likely N-dealkylation sites (N-methyl/N-ethyl adjacent to an activating group) is 1. The molecule has 0 N–H and O–H groups in total. The maximum absolute atomic E-state index is 15.3. The molecule has 3 rings (SSSR count). The van der Waals surface area contributed by atoms with Crippen LogP contribution in [-0.4, -0.2) is 20.7 Å². The van der Waals surface area contributed by atoms with Gasteiger partial charge in [0.15, 0.2) is 0 Å². The number of nitrogens with zero attached hydrogens (tertiary/aromatic N) is 1. The molecule has 132 valence electrons. The van der Waals surface area contributed by atoms with Gasteiger partial charge in [0.25, 0.3) is 0 Å². The first-order valence-corrected chi connectivity index (χ1v) is 8.53. The van der Waals surface area contributed by atoms with Gasteiger partial charge in [-0.05, 0) is 35.4 Å². The van der Waals surface area contributed by atoms with Gasteiger partial charge in [-0.3, -0.25) is 0 Å². The Morgan fingerprint density at radius 1 is 0.808 bits per heavy atom. The van der Waals surface area contributed by atoms with Gasteiger partial charge in [-0.2, -0.15) is 0 Å². The lowest BCUT2D eigenvalue weighted by molar-refractivity contribution is 0.415. The summed E-state index contributed by atoms with van der Waals surface area (Å²) in [6.07, 6.45) is 0. The second kappa shape index (κ2) is 8.34. The van der Waals surface area contributed by atoms with Crippen molar-refractivity contribution in [2.45, 2.75) is 0 Å². The highest BCUT2D eigenvalue weighted by Gasteiger charge is 2.14. The van der Waals surface area contributed by atoms with Crippen molar-refractivity contribution in [3.05, 3.63) is 102 Å². The molecule has 0 atom stereocenters. The third-order valence-electron chi connectivity index (χ3n) is 4.29. The van der Waals surface area contributed by atoms with E-state index in [4.69, 9.17) is 4.74 Å². The van der Waals surface area contributed by atoms with Crippen molar-refractivity contribution in [2.75, 3.05) is 25.6 Å². The molecule has 0 bridgehead atoms. The fraction of sp³-hybridized carbons (Fsp3) is 0.130. The molecule has 2 nitrogen and oxygen atoms in total. The van der Waals surface area contributed by atoms with Gasteiger partial charge in [-0.15, -0.1) is 0 Å². The highest BCUT2D eigenvalue weighted by atomic mass is 19.1. The van der Waals surface area contributed by atoms with Gasteiger partial charge in [-0.1, -0.05) is 60.7 Å². The van der Waals surface area contributed by atoms with E-state index in [1.165, 1.54) is 0 Å². The summed E-state index contributed by atoms with van der Waals surface area (Å²) in [7, 11) is 3.52. The summed E-state index contributed by atoms with van der Waals surface area (Å²) in [6, 6.07) is 27.0. The van der Waals surface area contributed by atoms with E-state index in [2.05, 4.69) is 0 Å². The first-order valence-electron chi connectivity index (χ1n) is 8.53. The number of benzene rings is 3. The number of hydrogen-bond acceptors (Lipinski definition) is 2. The fourth-order valence-corrected chi connectivity index (χ4v) is 2.90. The van der Waals surface area contributed by atoms with Crippen LogP contribution in [0.1, 0.15) is 11.1 Å². The maximum atomic E-state index is 15.3. The Kier molecular flexibility index (Phi) is 5.69. The molecule has 0 radical (unpaired) electrons. The van der Waals surface area contributed by atoms with E-state index in [1.54, 1.807) is 7.11 Å². The predicted molar refractivity (Wildman–Crippen MR) is 106 cm³/mol. The molecule has 0 saturated heterocycles. The number of ether oxygens (including phenoxy) is 1. The number of hydrogen-bond donors (Lipinski definition) is 0. The Morgan fingerprint density at radius 3 is 1.77 bits per heavy atom. The molecule has 0 amide bonds. The Balaban J connectivity index is 1.94. The molecular formula is C23H22FNO. The Morgan fingerprint density at radius 2 is 1.31 bits per heavy atom. The van der Waals surface area contributed by atoms with Crippen LogP contribution in [0.15, 0.2) is 90.8 Å². The van der Waals surface area contributed by atoms with Gasteiger partial charge in [-0.25, -0.2) is 4.39 Å². The minimum absolute atomic E-state index is 0.166. The Hall–Kier alpha value is -3.07. The van der Waals surface area contributed by atoms with Gasteiger partial charge in [0.05, 0.1) is 13.7 Å². The van der Waals surface area contributed by atoms with Gasteiger partial charge in [0.2, 0.25) is 0 Å². The monoisotopic (exact) mass is 347 g/mol. The summed E-state index contributed by atoms with van der Waals surface area (Å²) in [5.74, 6) is 0.619. The highest BCUT2D eigenvalue weighted by Crippen LogP contribution is 2.29. The lowest BCUT2D eigenvalue weighted by Crippen LogP contribution is -2.19. The number of methoxy groups -OCH3 is 1. The summed E-state index contributed by atoms with van der Waals surface area (Å²) < 4.78 is 20.5. The lowest BCUT2D eigenvalue weighted by Gasteiger charge is -2.20. The molecule has 0 aliphatic carbocycles. The van der Waals surface area contributed by atoms with Crippen LogP contribution in [-0.2, 0) is 0 Å². The molecule has 3 aromatic rings. The van der Waals surface area contributed by atoms with E-state index in [0.717, 1.165) is 22.6 Å². The molecule has 0 aromatic heterocycles. The van der Waals surface area contributed by atoms with Crippen LogP contribution in [0.4, 0.5) is 10.1 Å². The minimum atomic E-state index is -0.166. The van der Waals surface area contributed by atoms with Gasteiger partial charge >= 0.3 is 0 Å². The topological polar surface area (TPSA) is 12.5 Å². The smallest absolute Gasteiger partial charge is 0.128 e. The van der Waals surface area contributed by atoms with Crippen LogP contribution in [0.25, 0.3) is 5.57 Å². The Bertz CT molecular complexity index is 816. The molecule has 3 heteroatoms. The minimum Gasteiger partial charge on any atom is -0.497 e. The number of anilines is 1. The maximum Gasteiger partial charge on any atom is 0.128 e. The van der Waals surface area contributed by atoms with Gasteiger partial charge in [0.1, 0.15) is 11.6 Å².